The molecule has 0 spiro atoms. The van der Waals surface area contributed by atoms with Crippen molar-refractivity contribution in [3.8, 4) is 0 Å². The van der Waals surface area contributed by atoms with Crippen LogP contribution < -0.4 is 0 Å². The second kappa shape index (κ2) is 3.14. The van der Waals surface area contributed by atoms with Crippen molar-refractivity contribution in [2.24, 2.45) is 5.92 Å². The minimum absolute atomic E-state index is 0.184. The van der Waals surface area contributed by atoms with E-state index in [0.29, 0.717) is 18.1 Å². The molecule has 0 saturated heterocycles. The molecule has 3 rings (SSSR count). The van der Waals surface area contributed by atoms with Gasteiger partial charge in [0, 0.05) is 24.5 Å². The van der Waals surface area contributed by atoms with Gasteiger partial charge in [0.25, 0.3) is 0 Å². The highest BCUT2D eigenvalue weighted by atomic mass is 32.1. The summed E-state index contributed by atoms with van der Waals surface area (Å²) in [5.74, 6) is 0.965. The number of fused-ring (bicyclic) bond motifs is 1. The first-order valence-corrected chi connectivity index (χ1v) is 5.99. The van der Waals surface area contributed by atoms with Crippen LogP contribution in [0.25, 0.3) is 10.2 Å². The van der Waals surface area contributed by atoms with Gasteiger partial charge in [-0.1, -0.05) is 6.92 Å². The molecular weight excluding hydrogens is 206 g/mol. The van der Waals surface area contributed by atoms with Crippen molar-refractivity contribution < 1.29 is 4.79 Å². The van der Waals surface area contributed by atoms with Gasteiger partial charge in [-0.25, -0.2) is 0 Å². The highest BCUT2D eigenvalue weighted by Crippen LogP contribution is 2.39. The third-order valence-corrected chi connectivity index (χ3v) is 4.14. The van der Waals surface area contributed by atoms with Crippen LogP contribution >= 0.6 is 11.3 Å². The number of carbonyl (C=O) groups excluding carboxylic acids is 1. The van der Waals surface area contributed by atoms with Gasteiger partial charge in [-0.15, -0.1) is 11.3 Å². The third-order valence-electron chi connectivity index (χ3n) is 3.28. The molecule has 76 valence electrons. The van der Waals surface area contributed by atoms with Crippen LogP contribution in [0.3, 0.4) is 0 Å². The molecule has 0 bridgehead atoms. The van der Waals surface area contributed by atoms with Crippen molar-refractivity contribution in [3.63, 3.8) is 0 Å². The maximum atomic E-state index is 11.2. The van der Waals surface area contributed by atoms with Crippen molar-refractivity contribution in [2.75, 3.05) is 0 Å². The lowest BCUT2D eigenvalue weighted by Gasteiger charge is -2.32. The Bertz CT molecular complexity index is 531. The van der Waals surface area contributed by atoms with Gasteiger partial charge >= 0.3 is 0 Å². The Morgan fingerprint density at radius 1 is 1.53 bits per heavy atom. The second-order valence-electron chi connectivity index (χ2n) is 4.14. The van der Waals surface area contributed by atoms with Gasteiger partial charge in [0.1, 0.15) is 5.78 Å². The number of pyridine rings is 1. The van der Waals surface area contributed by atoms with E-state index in [1.807, 2.05) is 19.2 Å². The van der Waals surface area contributed by atoms with Crippen LogP contribution in [0.4, 0.5) is 0 Å². The number of carbonyl (C=O) groups is 1. The number of thiophene rings is 1. The molecule has 1 aliphatic carbocycles. The number of aromatic nitrogens is 1. The topological polar surface area (TPSA) is 30.0 Å². The Kier molecular flexibility index (Phi) is 1.89. The van der Waals surface area contributed by atoms with Crippen LogP contribution in [0.5, 0.6) is 0 Å². The molecule has 1 saturated carbocycles. The predicted octanol–water partition coefficient (Wildman–Crippen LogP) is 2.99. The molecule has 0 aliphatic heterocycles. The summed E-state index contributed by atoms with van der Waals surface area (Å²) in [6.45, 7) is 2.01. The molecule has 0 amide bonds. The average molecular weight is 217 g/mol. The first-order chi connectivity index (χ1) is 7.25. The van der Waals surface area contributed by atoms with Gasteiger partial charge in [0.05, 0.1) is 10.2 Å². The van der Waals surface area contributed by atoms with E-state index < -0.39 is 0 Å². The Morgan fingerprint density at radius 3 is 3.13 bits per heavy atom. The van der Waals surface area contributed by atoms with Crippen molar-refractivity contribution in [2.45, 2.75) is 19.3 Å². The quantitative estimate of drug-likeness (QED) is 0.735. The van der Waals surface area contributed by atoms with Crippen LogP contribution in [0.1, 0.15) is 24.8 Å². The summed E-state index contributed by atoms with van der Waals surface area (Å²) in [5, 5.41) is 2.05. The largest absolute Gasteiger partial charge is 0.299 e. The summed E-state index contributed by atoms with van der Waals surface area (Å²) in [7, 11) is 0. The van der Waals surface area contributed by atoms with Gasteiger partial charge in [-0.05, 0) is 23.1 Å². The monoisotopic (exact) mass is 217 g/mol. The molecule has 2 atom stereocenters. The molecular formula is C12H11NOS. The molecule has 1 aliphatic rings. The van der Waals surface area contributed by atoms with Crippen molar-refractivity contribution >= 4 is 27.3 Å². The maximum absolute atomic E-state index is 11.2. The molecule has 0 radical (unpaired) electrons. The molecule has 2 unspecified atom stereocenters. The smallest absolute Gasteiger partial charge is 0.136 e. The molecule has 2 nitrogen and oxygen atoms in total. The zero-order valence-electron chi connectivity index (χ0n) is 8.43. The lowest BCUT2D eigenvalue weighted by Crippen LogP contribution is -2.32. The average Bonchev–Trinajstić information content (AvgIpc) is 2.72. The van der Waals surface area contributed by atoms with Gasteiger partial charge in [0.15, 0.2) is 0 Å². The molecule has 3 heteroatoms. The predicted molar refractivity (Wildman–Crippen MR) is 61.1 cm³/mol. The SMILES string of the molecule is CC1C(=O)CC1c1cnc2ccsc2c1. The standard InChI is InChI=1S/C12H11NOS/c1-7-9(5-11(7)14)8-4-12-10(13-6-8)2-3-15-12/h2-4,6-7,9H,5H2,1H3. The minimum Gasteiger partial charge on any atom is -0.299 e. The molecule has 0 aromatic carbocycles. The van der Waals surface area contributed by atoms with E-state index in [4.69, 9.17) is 0 Å². The highest BCUT2D eigenvalue weighted by Gasteiger charge is 2.37. The molecule has 2 heterocycles. The number of hydrogen-bond acceptors (Lipinski definition) is 3. The first-order valence-electron chi connectivity index (χ1n) is 5.11. The van der Waals surface area contributed by atoms with E-state index in [-0.39, 0.29) is 5.92 Å². The Morgan fingerprint density at radius 2 is 2.40 bits per heavy atom. The minimum atomic E-state index is 0.184. The van der Waals surface area contributed by atoms with E-state index in [0.717, 1.165) is 5.52 Å². The summed E-state index contributed by atoms with van der Waals surface area (Å²) in [6.07, 6.45) is 2.61. The number of Topliss-reactive ketones (excluding diaryl/α,β-unsaturated/α-hetero) is 1. The van der Waals surface area contributed by atoms with Gasteiger partial charge in [-0.2, -0.15) is 0 Å². The summed E-state index contributed by atoms with van der Waals surface area (Å²) >= 11 is 1.71. The van der Waals surface area contributed by atoms with Gasteiger partial charge < -0.3 is 0 Å². The third kappa shape index (κ3) is 1.30. The number of ketones is 1. The van der Waals surface area contributed by atoms with Crippen LogP contribution in [0.2, 0.25) is 0 Å². The Balaban J connectivity index is 2.01. The van der Waals surface area contributed by atoms with E-state index in [2.05, 4.69) is 16.4 Å². The van der Waals surface area contributed by atoms with Crippen molar-refractivity contribution in [1.29, 1.82) is 0 Å². The van der Waals surface area contributed by atoms with E-state index in [9.17, 15) is 4.79 Å². The Labute approximate surface area is 92.0 Å². The van der Waals surface area contributed by atoms with Gasteiger partial charge in [0.2, 0.25) is 0 Å². The number of hydrogen-bond donors (Lipinski definition) is 0. The fourth-order valence-electron chi connectivity index (χ4n) is 2.11. The van der Waals surface area contributed by atoms with Crippen LogP contribution in [-0.2, 0) is 4.79 Å². The Hall–Kier alpha value is -1.22. The second-order valence-corrected chi connectivity index (χ2v) is 5.09. The number of nitrogens with zero attached hydrogens (tertiary/aromatic N) is 1. The van der Waals surface area contributed by atoms with Crippen LogP contribution in [0, 0.1) is 5.92 Å². The number of rotatable bonds is 1. The summed E-state index contributed by atoms with van der Waals surface area (Å²) in [4.78, 5) is 15.6. The van der Waals surface area contributed by atoms with Crippen molar-refractivity contribution in [3.05, 3.63) is 29.3 Å². The van der Waals surface area contributed by atoms with Crippen LogP contribution in [-0.4, -0.2) is 10.8 Å². The fourth-order valence-corrected chi connectivity index (χ4v) is 2.90. The normalized spacial score (nSPS) is 25.5. The summed E-state index contributed by atoms with van der Waals surface area (Å²) < 4.78 is 1.22. The van der Waals surface area contributed by atoms with Gasteiger partial charge in [-0.3, -0.25) is 9.78 Å². The lowest BCUT2D eigenvalue weighted by atomic mass is 9.70. The lowest BCUT2D eigenvalue weighted by molar-refractivity contribution is -0.130. The molecule has 0 N–H and O–H groups in total. The molecule has 15 heavy (non-hydrogen) atoms. The van der Waals surface area contributed by atoms with Crippen LogP contribution in [0.15, 0.2) is 23.7 Å². The molecule has 1 fully saturated rings. The maximum Gasteiger partial charge on any atom is 0.136 e. The zero-order chi connectivity index (χ0) is 10.4. The van der Waals surface area contributed by atoms with E-state index in [1.165, 1.54) is 10.3 Å². The highest BCUT2D eigenvalue weighted by molar-refractivity contribution is 7.17. The van der Waals surface area contributed by atoms with E-state index >= 15 is 0 Å². The van der Waals surface area contributed by atoms with E-state index in [1.54, 1.807) is 11.3 Å². The summed E-state index contributed by atoms with van der Waals surface area (Å²) in [5.41, 5.74) is 2.28. The zero-order valence-corrected chi connectivity index (χ0v) is 9.25. The molecule has 2 aromatic heterocycles. The van der Waals surface area contributed by atoms with Crippen molar-refractivity contribution in [1.82, 2.24) is 4.98 Å². The first kappa shape index (κ1) is 9.04. The molecule has 2 aromatic rings. The fraction of sp³-hybridized carbons (Fsp3) is 0.333. The summed E-state index contributed by atoms with van der Waals surface area (Å²) in [6, 6.07) is 4.21.